The molecule has 3 heteroatoms. The molecule has 3 nitrogen and oxygen atoms in total. The van der Waals surface area contributed by atoms with Crippen LogP contribution in [0.4, 0.5) is 5.69 Å². The molecule has 0 aliphatic heterocycles. The summed E-state index contributed by atoms with van der Waals surface area (Å²) in [7, 11) is 0. The van der Waals surface area contributed by atoms with Crippen LogP contribution in [0.3, 0.4) is 0 Å². The number of benzene rings is 1. The molecular formula is C12H14N2O. The van der Waals surface area contributed by atoms with Crippen molar-refractivity contribution in [3.05, 3.63) is 29.8 Å². The number of amides is 1. The molecule has 0 radical (unpaired) electrons. The van der Waals surface area contributed by atoms with Gasteiger partial charge in [-0.15, -0.1) is 6.42 Å². The molecule has 3 N–H and O–H groups in total. The smallest absolute Gasteiger partial charge is 0.225 e. The number of terminal acetylenes is 1. The van der Waals surface area contributed by atoms with E-state index in [0.717, 1.165) is 5.56 Å². The van der Waals surface area contributed by atoms with Crippen molar-refractivity contribution in [2.45, 2.75) is 19.4 Å². The first-order chi connectivity index (χ1) is 7.13. The molecule has 78 valence electrons. The molecule has 1 atom stereocenters. The summed E-state index contributed by atoms with van der Waals surface area (Å²) in [6.45, 7) is 1.76. The van der Waals surface area contributed by atoms with Crippen LogP contribution in [-0.4, -0.2) is 11.9 Å². The van der Waals surface area contributed by atoms with Crippen LogP contribution in [0.1, 0.15) is 12.5 Å². The van der Waals surface area contributed by atoms with E-state index >= 15 is 0 Å². The number of carbonyl (C=O) groups is 1. The van der Waals surface area contributed by atoms with Crippen LogP contribution in [0.2, 0.25) is 0 Å². The second-order valence-electron chi connectivity index (χ2n) is 3.33. The Kier molecular flexibility index (Phi) is 3.75. The summed E-state index contributed by atoms with van der Waals surface area (Å²) < 4.78 is 0. The Morgan fingerprint density at radius 1 is 1.60 bits per heavy atom. The standard InChI is InChI=1S/C12H14N2O/c1-3-9(2)14-12(15)8-10-6-4-5-7-11(10)13/h1,4-7,9H,8,13H2,2H3,(H,14,15). The number of nitrogen functional groups attached to an aromatic ring is 1. The van der Waals surface area contributed by atoms with Gasteiger partial charge in [-0.3, -0.25) is 4.79 Å². The number of rotatable bonds is 3. The topological polar surface area (TPSA) is 55.1 Å². The average Bonchev–Trinajstić information content (AvgIpc) is 2.21. The fourth-order valence-corrected chi connectivity index (χ4v) is 1.20. The third kappa shape index (κ3) is 3.35. The SMILES string of the molecule is C#CC(C)NC(=O)Cc1ccccc1N. The van der Waals surface area contributed by atoms with Gasteiger partial charge in [0.1, 0.15) is 0 Å². The molecule has 0 saturated heterocycles. The van der Waals surface area contributed by atoms with Gasteiger partial charge in [0.25, 0.3) is 0 Å². The molecular weight excluding hydrogens is 188 g/mol. The maximum absolute atomic E-state index is 11.5. The Bertz CT molecular complexity index is 393. The second kappa shape index (κ2) is 5.06. The average molecular weight is 202 g/mol. The number of anilines is 1. The summed E-state index contributed by atoms with van der Waals surface area (Å²) in [5.74, 6) is 2.32. The highest BCUT2D eigenvalue weighted by molar-refractivity contribution is 5.80. The van der Waals surface area contributed by atoms with Crippen LogP contribution < -0.4 is 11.1 Å². The molecule has 0 fully saturated rings. The van der Waals surface area contributed by atoms with Gasteiger partial charge in [-0.25, -0.2) is 0 Å². The Morgan fingerprint density at radius 2 is 2.27 bits per heavy atom. The van der Waals surface area contributed by atoms with Crippen molar-refractivity contribution in [3.8, 4) is 12.3 Å². The predicted octanol–water partition coefficient (Wildman–Crippen LogP) is 0.949. The molecule has 1 aromatic carbocycles. The molecule has 0 aromatic heterocycles. The van der Waals surface area contributed by atoms with Crippen LogP contribution >= 0.6 is 0 Å². The van der Waals surface area contributed by atoms with Gasteiger partial charge in [0, 0.05) is 5.69 Å². The van der Waals surface area contributed by atoms with Gasteiger partial charge in [-0.1, -0.05) is 24.1 Å². The van der Waals surface area contributed by atoms with Crippen molar-refractivity contribution >= 4 is 11.6 Å². The zero-order valence-corrected chi connectivity index (χ0v) is 8.66. The first kappa shape index (κ1) is 11.1. The number of nitrogens with one attached hydrogen (secondary N) is 1. The maximum Gasteiger partial charge on any atom is 0.225 e. The summed E-state index contributed by atoms with van der Waals surface area (Å²) in [4.78, 5) is 11.5. The van der Waals surface area contributed by atoms with Crippen molar-refractivity contribution in [3.63, 3.8) is 0 Å². The highest BCUT2D eigenvalue weighted by Crippen LogP contribution is 2.10. The maximum atomic E-state index is 11.5. The van der Waals surface area contributed by atoms with Gasteiger partial charge >= 0.3 is 0 Å². The van der Waals surface area contributed by atoms with Gasteiger partial charge in [0.2, 0.25) is 5.91 Å². The Hall–Kier alpha value is -1.95. The van der Waals surface area contributed by atoms with Crippen molar-refractivity contribution < 1.29 is 4.79 Å². The van der Waals surface area contributed by atoms with Crippen LogP contribution in [0, 0.1) is 12.3 Å². The summed E-state index contributed by atoms with van der Waals surface area (Å²) in [6.07, 6.45) is 5.42. The lowest BCUT2D eigenvalue weighted by Gasteiger charge is -2.08. The quantitative estimate of drug-likeness (QED) is 0.566. The van der Waals surface area contributed by atoms with Crippen LogP contribution in [0.25, 0.3) is 0 Å². The van der Waals surface area contributed by atoms with Gasteiger partial charge < -0.3 is 11.1 Å². The highest BCUT2D eigenvalue weighted by Gasteiger charge is 2.07. The van der Waals surface area contributed by atoms with E-state index < -0.39 is 0 Å². The minimum absolute atomic E-state index is 0.113. The Morgan fingerprint density at radius 3 is 2.87 bits per heavy atom. The van der Waals surface area contributed by atoms with E-state index in [1.807, 2.05) is 18.2 Å². The molecule has 0 aliphatic rings. The summed E-state index contributed by atoms with van der Waals surface area (Å²) >= 11 is 0. The van der Waals surface area contributed by atoms with E-state index in [0.29, 0.717) is 5.69 Å². The predicted molar refractivity (Wildman–Crippen MR) is 61.0 cm³/mol. The number of carbonyl (C=O) groups excluding carboxylic acids is 1. The van der Waals surface area contributed by atoms with Gasteiger partial charge in [0.05, 0.1) is 12.5 Å². The van der Waals surface area contributed by atoms with E-state index in [1.54, 1.807) is 13.0 Å². The molecule has 15 heavy (non-hydrogen) atoms. The van der Waals surface area contributed by atoms with E-state index in [-0.39, 0.29) is 18.4 Å². The molecule has 1 rings (SSSR count). The van der Waals surface area contributed by atoms with E-state index in [2.05, 4.69) is 11.2 Å². The van der Waals surface area contributed by atoms with Crippen molar-refractivity contribution in [2.24, 2.45) is 0 Å². The number of hydrogen-bond donors (Lipinski definition) is 2. The van der Waals surface area contributed by atoms with Crippen LogP contribution in [-0.2, 0) is 11.2 Å². The van der Waals surface area contributed by atoms with Crippen molar-refractivity contribution in [1.29, 1.82) is 0 Å². The minimum Gasteiger partial charge on any atom is -0.398 e. The van der Waals surface area contributed by atoms with E-state index in [9.17, 15) is 4.79 Å². The second-order valence-corrected chi connectivity index (χ2v) is 3.33. The van der Waals surface area contributed by atoms with E-state index in [1.165, 1.54) is 0 Å². The Balaban J connectivity index is 2.60. The third-order valence-electron chi connectivity index (χ3n) is 2.03. The first-order valence-electron chi connectivity index (χ1n) is 4.72. The van der Waals surface area contributed by atoms with E-state index in [4.69, 9.17) is 12.2 Å². The number of nitrogens with two attached hydrogens (primary N) is 1. The number of hydrogen-bond acceptors (Lipinski definition) is 2. The zero-order valence-electron chi connectivity index (χ0n) is 8.66. The largest absolute Gasteiger partial charge is 0.398 e. The molecule has 1 aromatic rings. The fourth-order valence-electron chi connectivity index (χ4n) is 1.20. The molecule has 0 aliphatic carbocycles. The van der Waals surface area contributed by atoms with Crippen LogP contribution in [0.5, 0.6) is 0 Å². The number of para-hydroxylation sites is 1. The first-order valence-corrected chi connectivity index (χ1v) is 4.72. The Labute approximate surface area is 89.7 Å². The molecule has 1 amide bonds. The lowest BCUT2D eigenvalue weighted by atomic mass is 10.1. The summed E-state index contributed by atoms with van der Waals surface area (Å²) in [5.41, 5.74) is 7.16. The van der Waals surface area contributed by atoms with Gasteiger partial charge in [0.15, 0.2) is 0 Å². The monoisotopic (exact) mass is 202 g/mol. The van der Waals surface area contributed by atoms with Gasteiger partial charge in [-0.05, 0) is 18.6 Å². The molecule has 1 unspecified atom stereocenters. The molecule has 0 heterocycles. The van der Waals surface area contributed by atoms with Crippen LogP contribution in [0.15, 0.2) is 24.3 Å². The molecule has 0 spiro atoms. The minimum atomic E-state index is -0.248. The third-order valence-corrected chi connectivity index (χ3v) is 2.03. The van der Waals surface area contributed by atoms with Crippen molar-refractivity contribution in [2.75, 3.05) is 5.73 Å². The molecule has 0 saturated carbocycles. The zero-order chi connectivity index (χ0) is 11.3. The summed E-state index contributed by atoms with van der Waals surface area (Å²) in [5, 5.41) is 2.67. The molecule has 0 bridgehead atoms. The van der Waals surface area contributed by atoms with Gasteiger partial charge in [-0.2, -0.15) is 0 Å². The summed E-state index contributed by atoms with van der Waals surface area (Å²) in [6, 6.07) is 7.04. The lowest BCUT2D eigenvalue weighted by Crippen LogP contribution is -2.32. The lowest BCUT2D eigenvalue weighted by molar-refractivity contribution is -0.120. The fraction of sp³-hybridized carbons (Fsp3) is 0.250. The normalized spacial score (nSPS) is 11.5. The van der Waals surface area contributed by atoms with Crippen molar-refractivity contribution in [1.82, 2.24) is 5.32 Å². The highest BCUT2D eigenvalue weighted by atomic mass is 16.1.